The summed E-state index contributed by atoms with van der Waals surface area (Å²) in [4.78, 5) is 25.0. The van der Waals surface area contributed by atoms with Crippen LogP contribution < -0.4 is 19.7 Å². The second-order valence-corrected chi connectivity index (χ2v) is 7.94. The Morgan fingerprint density at radius 1 is 1.28 bits per heavy atom. The van der Waals surface area contributed by atoms with Gasteiger partial charge in [0.25, 0.3) is 0 Å². The predicted octanol–water partition coefficient (Wildman–Crippen LogP) is 3.24. The molecule has 1 atom stereocenters. The van der Waals surface area contributed by atoms with Crippen molar-refractivity contribution in [3.63, 3.8) is 0 Å². The summed E-state index contributed by atoms with van der Waals surface area (Å²) in [5.74, 6) is 1.30. The largest absolute Gasteiger partial charge is 0.493 e. The van der Waals surface area contributed by atoms with E-state index in [-0.39, 0.29) is 11.8 Å². The molecule has 1 saturated heterocycles. The molecular formula is C21H24N4O3S. The molecule has 4 rings (SSSR count). The van der Waals surface area contributed by atoms with Crippen molar-refractivity contribution in [3.05, 3.63) is 42.1 Å². The van der Waals surface area contributed by atoms with Gasteiger partial charge in [-0.1, -0.05) is 23.5 Å². The molecule has 1 aliphatic heterocycles. The number of pyridine rings is 1. The fraction of sp³-hybridized carbons (Fsp3) is 0.381. The average molecular weight is 413 g/mol. The maximum Gasteiger partial charge on any atom is 0.225 e. The summed E-state index contributed by atoms with van der Waals surface area (Å²) in [6.45, 7) is 1.98. The lowest BCUT2D eigenvalue weighted by Gasteiger charge is -2.31. The van der Waals surface area contributed by atoms with E-state index >= 15 is 0 Å². The molecule has 1 N–H and O–H groups in total. The van der Waals surface area contributed by atoms with Crippen LogP contribution in [0.2, 0.25) is 0 Å². The first-order valence-corrected chi connectivity index (χ1v) is 10.5. The van der Waals surface area contributed by atoms with Crippen LogP contribution in [0, 0.1) is 5.92 Å². The third kappa shape index (κ3) is 4.12. The van der Waals surface area contributed by atoms with Crippen LogP contribution in [0.1, 0.15) is 18.4 Å². The summed E-state index contributed by atoms with van der Waals surface area (Å²) in [5.41, 5.74) is 1.80. The Labute approximate surface area is 173 Å². The second kappa shape index (κ2) is 8.65. The van der Waals surface area contributed by atoms with Crippen molar-refractivity contribution in [1.82, 2.24) is 15.3 Å². The molecule has 3 aromatic rings. The van der Waals surface area contributed by atoms with Gasteiger partial charge in [-0.3, -0.25) is 4.79 Å². The summed E-state index contributed by atoms with van der Waals surface area (Å²) in [7, 11) is 3.21. The highest BCUT2D eigenvalue weighted by atomic mass is 32.1. The number of nitrogens with one attached hydrogen (secondary N) is 1. The minimum atomic E-state index is -0.0691. The highest BCUT2D eigenvalue weighted by Crippen LogP contribution is 2.32. The van der Waals surface area contributed by atoms with E-state index in [4.69, 9.17) is 9.47 Å². The Hall–Kier alpha value is -2.87. The maximum atomic E-state index is 12.8. The first kappa shape index (κ1) is 19.4. The molecule has 29 heavy (non-hydrogen) atoms. The molecule has 2 aromatic heterocycles. The normalized spacial score (nSPS) is 16.6. The third-order valence-corrected chi connectivity index (χ3v) is 6.20. The number of amides is 1. The van der Waals surface area contributed by atoms with Crippen LogP contribution >= 0.6 is 11.3 Å². The Morgan fingerprint density at radius 2 is 2.17 bits per heavy atom. The number of para-hydroxylation sites is 1. The summed E-state index contributed by atoms with van der Waals surface area (Å²) in [6, 6.07) is 9.54. The molecule has 0 saturated carbocycles. The molecule has 0 spiro atoms. The smallest absolute Gasteiger partial charge is 0.225 e. The van der Waals surface area contributed by atoms with E-state index in [1.165, 1.54) is 0 Å². The first-order valence-electron chi connectivity index (χ1n) is 9.63. The third-order valence-electron chi connectivity index (χ3n) is 5.16. The lowest BCUT2D eigenvalue weighted by atomic mass is 9.97. The quantitative estimate of drug-likeness (QED) is 0.670. The van der Waals surface area contributed by atoms with Gasteiger partial charge in [-0.2, -0.15) is 0 Å². The first-order chi connectivity index (χ1) is 14.2. The van der Waals surface area contributed by atoms with Crippen molar-refractivity contribution in [3.8, 4) is 11.5 Å². The molecule has 3 heterocycles. The molecule has 0 radical (unpaired) electrons. The zero-order valence-electron chi connectivity index (χ0n) is 16.6. The molecule has 8 heteroatoms. The van der Waals surface area contributed by atoms with Crippen LogP contribution in [-0.2, 0) is 11.3 Å². The Balaban J connectivity index is 1.41. The van der Waals surface area contributed by atoms with E-state index in [1.54, 1.807) is 31.8 Å². The van der Waals surface area contributed by atoms with Gasteiger partial charge in [0.15, 0.2) is 16.6 Å². The number of methoxy groups -OCH3 is 2. The number of carbonyl (C=O) groups is 1. The van der Waals surface area contributed by atoms with Gasteiger partial charge in [0, 0.05) is 31.4 Å². The molecule has 1 unspecified atom stereocenters. The molecule has 1 aliphatic rings. The van der Waals surface area contributed by atoms with Crippen molar-refractivity contribution < 1.29 is 14.3 Å². The molecule has 0 aliphatic carbocycles. The summed E-state index contributed by atoms with van der Waals surface area (Å²) in [5, 5.41) is 4.00. The van der Waals surface area contributed by atoms with Gasteiger partial charge >= 0.3 is 0 Å². The van der Waals surface area contributed by atoms with Gasteiger partial charge in [-0.05, 0) is 31.0 Å². The number of thiazole rings is 1. The number of carbonyl (C=O) groups excluding carboxylic acids is 1. The highest BCUT2D eigenvalue weighted by Gasteiger charge is 2.27. The summed E-state index contributed by atoms with van der Waals surface area (Å²) in [6.07, 6.45) is 3.62. The summed E-state index contributed by atoms with van der Waals surface area (Å²) >= 11 is 1.58. The maximum absolute atomic E-state index is 12.8. The van der Waals surface area contributed by atoms with Crippen LogP contribution in [0.5, 0.6) is 11.5 Å². The number of anilines is 1. The SMILES string of the molecule is COc1cccc(CNC(=O)C2CCCN(c3nc4cccnc4s3)C2)c1OC. The van der Waals surface area contributed by atoms with E-state index in [9.17, 15) is 4.79 Å². The van der Waals surface area contributed by atoms with Gasteiger partial charge < -0.3 is 19.7 Å². The Bertz CT molecular complexity index is 974. The number of ether oxygens (including phenoxy) is 2. The average Bonchev–Trinajstić information content (AvgIpc) is 3.21. The number of piperidine rings is 1. The van der Waals surface area contributed by atoms with E-state index in [0.717, 1.165) is 40.4 Å². The Morgan fingerprint density at radius 3 is 2.97 bits per heavy atom. The minimum Gasteiger partial charge on any atom is -0.493 e. The van der Waals surface area contributed by atoms with Gasteiger partial charge in [-0.25, -0.2) is 9.97 Å². The van der Waals surface area contributed by atoms with Crippen molar-refractivity contribution in [1.29, 1.82) is 0 Å². The number of nitrogens with zero attached hydrogens (tertiary/aromatic N) is 3. The number of fused-ring (bicyclic) bond motifs is 1. The number of aromatic nitrogens is 2. The van der Waals surface area contributed by atoms with Gasteiger partial charge in [0.1, 0.15) is 10.3 Å². The van der Waals surface area contributed by atoms with Gasteiger partial charge in [0.05, 0.1) is 20.1 Å². The predicted molar refractivity (Wildman–Crippen MR) is 114 cm³/mol. The van der Waals surface area contributed by atoms with E-state index in [2.05, 4.69) is 20.2 Å². The van der Waals surface area contributed by atoms with Gasteiger partial charge in [-0.15, -0.1) is 0 Å². The molecular weight excluding hydrogens is 388 g/mol. The van der Waals surface area contributed by atoms with E-state index in [0.29, 0.717) is 24.6 Å². The molecule has 1 aromatic carbocycles. The molecule has 1 fully saturated rings. The zero-order chi connectivity index (χ0) is 20.2. The number of hydrogen-bond donors (Lipinski definition) is 1. The lowest BCUT2D eigenvalue weighted by molar-refractivity contribution is -0.125. The van der Waals surface area contributed by atoms with Crippen molar-refractivity contribution in [2.75, 3.05) is 32.2 Å². The van der Waals surface area contributed by atoms with Crippen LogP contribution in [0.3, 0.4) is 0 Å². The number of hydrogen-bond acceptors (Lipinski definition) is 7. The fourth-order valence-electron chi connectivity index (χ4n) is 3.68. The summed E-state index contributed by atoms with van der Waals surface area (Å²) < 4.78 is 10.8. The topological polar surface area (TPSA) is 76.6 Å². The van der Waals surface area contributed by atoms with Crippen LogP contribution in [0.25, 0.3) is 10.3 Å². The standard InChI is InChI=1S/C21H24N4O3S/c1-27-17-9-3-6-14(18(17)28-2)12-23-19(26)15-7-5-11-25(13-15)21-24-16-8-4-10-22-20(16)29-21/h3-4,6,8-10,15H,5,7,11-13H2,1-2H3,(H,23,26). The van der Waals surface area contributed by atoms with Crippen molar-refractivity contribution in [2.24, 2.45) is 5.92 Å². The molecule has 1 amide bonds. The van der Waals surface area contributed by atoms with Crippen molar-refractivity contribution in [2.45, 2.75) is 19.4 Å². The molecule has 0 bridgehead atoms. The van der Waals surface area contributed by atoms with Crippen molar-refractivity contribution >= 4 is 32.7 Å². The van der Waals surface area contributed by atoms with E-state index in [1.807, 2.05) is 30.3 Å². The van der Waals surface area contributed by atoms with Crippen LogP contribution in [0.15, 0.2) is 36.5 Å². The second-order valence-electron chi connectivity index (χ2n) is 6.98. The Kier molecular flexibility index (Phi) is 5.80. The molecule has 7 nitrogen and oxygen atoms in total. The zero-order valence-corrected chi connectivity index (χ0v) is 17.4. The monoisotopic (exact) mass is 412 g/mol. The minimum absolute atomic E-state index is 0.0545. The van der Waals surface area contributed by atoms with Gasteiger partial charge in [0.2, 0.25) is 5.91 Å². The lowest BCUT2D eigenvalue weighted by Crippen LogP contribution is -2.43. The number of benzene rings is 1. The van der Waals surface area contributed by atoms with E-state index < -0.39 is 0 Å². The molecule has 152 valence electrons. The number of rotatable bonds is 6. The van der Waals surface area contributed by atoms with Crippen LogP contribution in [0.4, 0.5) is 5.13 Å². The highest BCUT2D eigenvalue weighted by molar-refractivity contribution is 7.21. The van der Waals surface area contributed by atoms with Crippen LogP contribution in [-0.4, -0.2) is 43.2 Å². The fourth-order valence-corrected chi connectivity index (χ4v) is 4.62.